The van der Waals surface area contributed by atoms with E-state index in [0.717, 1.165) is 78.7 Å². The van der Waals surface area contributed by atoms with Crippen molar-refractivity contribution in [1.29, 1.82) is 0 Å². The Labute approximate surface area is 416 Å². The van der Waals surface area contributed by atoms with Crippen LogP contribution in [0.25, 0.3) is 28.3 Å². The van der Waals surface area contributed by atoms with Gasteiger partial charge in [-0.1, -0.05) is 157 Å². The molecule has 2 unspecified atom stereocenters. The van der Waals surface area contributed by atoms with Crippen molar-refractivity contribution in [2.75, 3.05) is 0 Å². The average molecular weight is 1030 g/mol. The van der Waals surface area contributed by atoms with Gasteiger partial charge >= 0.3 is 18.6 Å². The van der Waals surface area contributed by atoms with E-state index in [1.54, 1.807) is 0 Å². The third-order valence-electron chi connectivity index (χ3n) is 13.6. The van der Waals surface area contributed by atoms with E-state index in [9.17, 15) is 5.21 Å². The van der Waals surface area contributed by atoms with Crippen molar-refractivity contribution in [3.05, 3.63) is 254 Å². The quantitative estimate of drug-likeness (QED) is 0.139. The summed E-state index contributed by atoms with van der Waals surface area (Å²) in [7, 11) is 0. The molecular formula is C58H47Br2N4OV+. The molecule has 0 amide bonds. The molecule has 66 heavy (non-hydrogen) atoms. The van der Waals surface area contributed by atoms with Crippen LogP contribution in [0.3, 0.4) is 0 Å². The fourth-order valence-corrected chi connectivity index (χ4v) is 11.2. The van der Waals surface area contributed by atoms with Gasteiger partial charge in [0.1, 0.15) is 6.04 Å². The molecule has 5 aliphatic rings. The Balaban J connectivity index is 0.000000153. The van der Waals surface area contributed by atoms with Crippen molar-refractivity contribution >= 4 is 55.1 Å². The number of fused-ring (bicyclic) bond motifs is 8. The molecule has 323 valence electrons. The molecule has 6 aromatic carbocycles. The minimum absolute atomic E-state index is 0. The zero-order valence-corrected chi connectivity index (χ0v) is 41.9. The van der Waals surface area contributed by atoms with E-state index in [1.165, 1.54) is 72.5 Å². The molecule has 3 aliphatic heterocycles. The Kier molecular flexibility index (Phi) is 11.9. The molecule has 0 fully saturated rings. The van der Waals surface area contributed by atoms with E-state index >= 15 is 0 Å². The molecule has 1 aromatic heterocycles. The fourth-order valence-electron chi connectivity index (χ4n) is 10.5. The van der Waals surface area contributed by atoms with Crippen LogP contribution < -0.4 is 0 Å². The second kappa shape index (κ2) is 17.8. The van der Waals surface area contributed by atoms with Gasteiger partial charge < -0.3 is 15.5 Å². The zero-order valence-electron chi connectivity index (χ0n) is 37.3. The summed E-state index contributed by atoms with van der Waals surface area (Å²) in [6.45, 7) is 8.47. The maximum absolute atomic E-state index is 13.7. The first-order valence-electron chi connectivity index (χ1n) is 22.5. The largest absolute Gasteiger partial charge is 2.00 e. The van der Waals surface area contributed by atoms with Gasteiger partial charge in [-0.2, -0.15) is 4.74 Å². The average Bonchev–Trinajstić information content (AvgIpc) is 4.06. The molecule has 1 N–H and O–H groups in total. The third kappa shape index (κ3) is 8.04. The third-order valence-corrected chi connectivity index (χ3v) is 14.6. The molecule has 1 radical (unpaired) electrons. The van der Waals surface area contributed by atoms with Gasteiger partial charge in [-0.15, -0.1) is 5.70 Å². The van der Waals surface area contributed by atoms with Gasteiger partial charge in [0, 0.05) is 37.5 Å². The second-order valence-corrected chi connectivity index (χ2v) is 19.8. The minimum Gasteiger partial charge on any atom is -0.675 e. The second-order valence-electron chi connectivity index (χ2n) is 18.0. The van der Waals surface area contributed by atoms with Gasteiger partial charge in [0.2, 0.25) is 11.4 Å². The van der Waals surface area contributed by atoms with Crippen molar-refractivity contribution in [2.24, 2.45) is 4.99 Å². The Morgan fingerprint density at radius 1 is 0.621 bits per heavy atom. The van der Waals surface area contributed by atoms with Crippen LogP contribution in [0.4, 0.5) is 0 Å². The number of halogens is 2. The Bertz CT molecular complexity index is 3300. The molecule has 8 heteroatoms. The van der Waals surface area contributed by atoms with Crippen LogP contribution in [0, 0.1) is 32.9 Å². The Morgan fingerprint density at radius 3 is 2.11 bits per heavy atom. The number of aliphatic imine (C=N–C) groups is 1. The maximum Gasteiger partial charge on any atom is 2.00 e. The summed E-state index contributed by atoms with van der Waals surface area (Å²) in [5.41, 5.74) is 25.2. The van der Waals surface area contributed by atoms with Crippen molar-refractivity contribution in [2.45, 2.75) is 65.5 Å². The minimum atomic E-state index is 0. The van der Waals surface area contributed by atoms with Gasteiger partial charge in [-0.25, -0.2) is 0 Å². The van der Waals surface area contributed by atoms with Crippen molar-refractivity contribution in [3.63, 3.8) is 0 Å². The number of nitrogens with zero attached hydrogens (tertiary/aromatic N) is 3. The molecule has 0 saturated heterocycles. The first kappa shape index (κ1) is 44.2. The summed E-state index contributed by atoms with van der Waals surface area (Å²) in [5, 5.41) is 18.9. The molecule has 0 saturated carbocycles. The number of benzene rings is 6. The normalized spacial score (nSPS) is 18.5. The van der Waals surface area contributed by atoms with E-state index in [-0.39, 0.29) is 30.6 Å². The van der Waals surface area contributed by atoms with E-state index in [4.69, 9.17) is 10.3 Å². The predicted molar refractivity (Wildman–Crippen MR) is 274 cm³/mol. The van der Waals surface area contributed by atoms with Crippen LogP contribution in [-0.4, -0.2) is 21.1 Å². The van der Waals surface area contributed by atoms with Crippen molar-refractivity contribution < 1.29 is 23.3 Å². The molecule has 5 nitrogen and oxygen atoms in total. The Morgan fingerprint density at radius 2 is 1.30 bits per heavy atom. The standard InChI is InChI=1S/C29H23BrN2O.C29H24BrN2.V/c1-17-7-11-23(18(2)13-17)29-26-15-21(30)10-12-25(26)27(32(29)33)16-22-14-20-9-8-19-5-3-4-6-24(19)28(20)31-22;1-17-7-11-23(18(2)13-17)29-26-15-21(30)10-12-25(26)27(32-29)16-22-14-20-9-8-19-5-3-4-6-24(19)28(20)31-22;/h3-7,10-16,31H,8-9H2,1-2H3;3-7,10-16,28-29H,8-9H2,1-2H3;/q;-1;+2/b27-16-;22-16-;. The Hall–Kier alpha value is -5.70. The fraction of sp³-hybridized carbons (Fsp3) is 0.172. The first-order valence-corrected chi connectivity index (χ1v) is 24.0. The molecule has 4 heterocycles. The number of hydrogen-bond donors (Lipinski definition) is 1. The van der Waals surface area contributed by atoms with Gasteiger partial charge in [0.25, 0.3) is 0 Å². The smallest absolute Gasteiger partial charge is 0.675 e. The summed E-state index contributed by atoms with van der Waals surface area (Å²) in [6.07, 6.45) is 10.7. The summed E-state index contributed by atoms with van der Waals surface area (Å²) in [6, 6.07) is 45.2. The number of aromatic nitrogens is 1. The summed E-state index contributed by atoms with van der Waals surface area (Å²) < 4.78 is 3.15. The summed E-state index contributed by atoms with van der Waals surface area (Å²) >= 11 is 7.26. The summed E-state index contributed by atoms with van der Waals surface area (Å²) in [5.74, 6) is 0. The number of hydrogen-bond acceptors (Lipinski definition) is 2. The molecule has 2 aliphatic carbocycles. The van der Waals surface area contributed by atoms with Crippen LogP contribution in [0.2, 0.25) is 0 Å². The molecule has 12 rings (SSSR count). The molecule has 0 bridgehead atoms. The number of H-pyrrole nitrogens is 1. The van der Waals surface area contributed by atoms with E-state index < -0.39 is 0 Å². The van der Waals surface area contributed by atoms with Crippen LogP contribution in [0.1, 0.15) is 102 Å². The van der Waals surface area contributed by atoms with Crippen LogP contribution in [0.15, 0.2) is 165 Å². The molecule has 7 aromatic rings. The maximum atomic E-state index is 13.7. The van der Waals surface area contributed by atoms with Crippen LogP contribution in [-0.2, 0) is 37.8 Å². The number of rotatable bonds is 4. The van der Waals surface area contributed by atoms with Gasteiger partial charge in [0.05, 0.1) is 22.4 Å². The van der Waals surface area contributed by atoms with E-state index in [0.29, 0.717) is 11.4 Å². The van der Waals surface area contributed by atoms with Crippen molar-refractivity contribution in [1.82, 2.24) is 4.98 Å². The topological polar surface area (TPSA) is 68.3 Å². The number of aromatic amines is 1. The van der Waals surface area contributed by atoms with Gasteiger partial charge in [-0.3, -0.25) is 4.99 Å². The molecular weight excluding hydrogens is 979 g/mol. The SMILES string of the molecule is Cc1ccc(C2=[N+]([O-])/C(=C\c3cc4c([nH]3)-c3ccccc3CC4)c3ccc(Br)cc32)c(C)c1.Cc1ccc(C2N=C(/C=C3/C=C4CCc5ccccc5C4[N-]3)c3ccc(Br)cc32)c(C)c1.[V+2]. The monoisotopic (exact) mass is 1020 g/mol. The predicted octanol–water partition coefficient (Wildman–Crippen LogP) is 14.9. The number of allylic oxidation sites excluding steroid dienone is 2. The number of nitrogens with one attached hydrogen (secondary N) is 1. The summed E-state index contributed by atoms with van der Waals surface area (Å²) in [4.78, 5) is 8.81. The number of hydroxylamine groups is 1. The molecule has 2 atom stereocenters. The van der Waals surface area contributed by atoms with Crippen molar-refractivity contribution in [3.8, 4) is 11.3 Å². The van der Waals surface area contributed by atoms with Crippen LogP contribution in [0.5, 0.6) is 0 Å². The molecule has 0 spiro atoms. The van der Waals surface area contributed by atoms with Crippen LogP contribution >= 0.6 is 31.9 Å². The van der Waals surface area contributed by atoms with Gasteiger partial charge in [0.15, 0.2) is 0 Å². The zero-order chi connectivity index (χ0) is 44.5. The number of aryl methyl sites for hydroxylation is 7. The van der Waals surface area contributed by atoms with E-state index in [2.05, 4.69) is 186 Å². The van der Waals surface area contributed by atoms with E-state index in [1.807, 2.05) is 24.3 Å². The first-order chi connectivity index (χ1) is 31.6. The van der Waals surface area contributed by atoms with Gasteiger partial charge in [-0.05, 0) is 135 Å².